The van der Waals surface area contributed by atoms with Crippen molar-refractivity contribution in [1.82, 2.24) is 0 Å². The largest absolute Gasteiger partial charge is 0.467 e. The molecule has 0 unspecified atom stereocenters. The third-order valence-electron chi connectivity index (χ3n) is 3.75. The molecule has 0 aromatic heterocycles. The second-order valence-electron chi connectivity index (χ2n) is 5.53. The Morgan fingerprint density at radius 2 is 2.12 bits per heavy atom. The number of carbonyl (C=O) groups is 1. The number of hydrogen-bond acceptors (Lipinski definition) is 5. The molecule has 0 aliphatic carbocycles. The molecule has 0 bridgehead atoms. The van der Waals surface area contributed by atoms with Crippen LogP contribution in [0.5, 0.6) is 5.75 Å². The summed E-state index contributed by atoms with van der Waals surface area (Å²) in [4.78, 5) is 22.7. The van der Waals surface area contributed by atoms with E-state index in [-0.39, 0.29) is 25.0 Å². The van der Waals surface area contributed by atoms with E-state index in [1.54, 1.807) is 6.07 Å². The summed E-state index contributed by atoms with van der Waals surface area (Å²) in [5.41, 5.74) is 2.62. The van der Waals surface area contributed by atoms with Gasteiger partial charge in [-0.05, 0) is 24.6 Å². The third-order valence-corrected chi connectivity index (χ3v) is 3.75. The number of benzene rings is 2. The molecular weight excluding hydrogens is 324 g/mol. The molecule has 1 N–H and O–H groups in total. The van der Waals surface area contributed by atoms with Crippen molar-refractivity contribution in [2.45, 2.75) is 13.5 Å². The maximum absolute atomic E-state index is 12.1. The number of carbonyl (C=O) groups excluding carboxylic acids is 1. The van der Waals surface area contributed by atoms with Gasteiger partial charge in [-0.1, -0.05) is 18.2 Å². The van der Waals surface area contributed by atoms with E-state index in [1.165, 1.54) is 24.3 Å². The molecule has 1 heterocycles. The predicted molar refractivity (Wildman–Crippen MR) is 92.2 cm³/mol. The Kier molecular flexibility index (Phi) is 4.76. The van der Waals surface area contributed by atoms with Gasteiger partial charge in [0.25, 0.3) is 5.69 Å². The maximum atomic E-state index is 12.1. The highest BCUT2D eigenvalue weighted by Gasteiger charge is 2.19. The fraction of sp³-hybridized carbons (Fsp3) is 0.167. The predicted octanol–water partition coefficient (Wildman–Crippen LogP) is 3.42. The average Bonchev–Trinajstić information content (AvgIpc) is 2.61. The molecule has 0 saturated carbocycles. The number of hydrogen-bond donors (Lipinski definition) is 1. The van der Waals surface area contributed by atoms with Crippen LogP contribution in [0.4, 0.5) is 11.4 Å². The van der Waals surface area contributed by atoms with Crippen LogP contribution in [0.2, 0.25) is 0 Å². The summed E-state index contributed by atoms with van der Waals surface area (Å²) in [6, 6.07) is 10.2. The van der Waals surface area contributed by atoms with Crippen molar-refractivity contribution >= 4 is 23.4 Å². The number of anilines is 1. The summed E-state index contributed by atoms with van der Waals surface area (Å²) < 4.78 is 10.6. The average molecular weight is 340 g/mol. The minimum atomic E-state index is -0.486. The first kappa shape index (κ1) is 16.7. The first-order valence-electron chi connectivity index (χ1n) is 7.61. The smallest absolute Gasteiger partial charge is 0.270 e. The summed E-state index contributed by atoms with van der Waals surface area (Å²) in [7, 11) is 0. The lowest BCUT2D eigenvalue weighted by Crippen LogP contribution is -2.13. The zero-order valence-electron chi connectivity index (χ0n) is 13.5. The molecule has 0 radical (unpaired) electrons. The van der Waals surface area contributed by atoms with Crippen molar-refractivity contribution < 1.29 is 19.2 Å². The molecule has 25 heavy (non-hydrogen) atoms. The normalized spacial score (nSPS) is 13.2. The lowest BCUT2D eigenvalue weighted by atomic mass is 10.1. The Labute approximate surface area is 144 Å². The van der Waals surface area contributed by atoms with Gasteiger partial charge in [0, 0.05) is 35.0 Å². The Hall–Kier alpha value is -3.19. The van der Waals surface area contributed by atoms with Crippen molar-refractivity contribution in [3.05, 3.63) is 69.3 Å². The van der Waals surface area contributed by atoms with Crippen molar-refractivity contribution in [3.63, 3.8) is 0 Å². The lowest BCUT2D eigenvalue weighted by molar-refractivity contribution is -0.385. The van der Waals surface area contributed by atoms with Crippen molar-refractivity contribution in [2.24, 2.45) is 0 Å². The van der Waals surface area contributed by atoms with Crippen LogP contribution in [0.1, 0.15) is 16.7 Å². The fourth-order valence-corrected chi connectivity index (χ4v) is 2.51. The van der Waals surface area contributed by atoms with E-state index in [0.29, 0.717) is 22.6 Å². The van der Waals surface area contributed by atoms with Gasteiger partial charge < -0.3 is 14.8 Å². The number of nitro groups is 1. The van der Waals surface area contributed by atoms with E-state index < -0.39 is 4.92 Å². The maximum Gasteiger partial charge on any atom is 0.270 e. The number of para-hydroxylation sites is 1. The van der Waals surface area contributed by atoms with Crippen molar-refractivity contribution in [2.75, 3.05) is 12.1 Å². The van der Waals surface area contributed by atoms with Gasteiger partial charge >= 0.3 is 0 Å². The second-order valence-corrected chi connectivity index (χ2v) is 5.53. The molecular formula is C18H16N2O5. The Balaban J connectivity index is 1.85. The van der Waals surface area contributed by atoms with Crippen LogP contribution in [-0.2, 0) is 16.1 Å². The van der Waals surface area contributed by atoms with Crippen LogP contribution in [0.3, 0.4) is 0 Å². The lowest BCUT2D eigenvalue weighted by Gasteiger charge is -2.19. The van der Waals surface area contributed by atoms with E-state index >= 15 is 0 Å². The highest BCUT2D eigenvalue weighted by Crippen LogP contribution is 2.33. The zero-order chi connectivity index (χ0) is 17.8. The van der Waals surface area contributed by atoms with E-state index in [4.69, 9.17) is 9.47 Å². The number of nitrogens with one attached hydrogen (secondary N) is 1. The topological polar surface area (TPSA) is 90.7 Å². The number of nitrogens with zero attached hydrogens (tertiary/aromatic N) is 1. The van der Waals surface area contributed by atoms with E-state index in [0.717, 1.165) is 5.56 Å². The van der Waals surface area contributed by atoms with E-state index in [1.807, 2.05) is 25.1 Å². The number of rotatable bonds is 4. The third kappa shape index (κ3) is 3.84. The zero-order valence-corrected chi connectivity index (χ0v) is 13.5. The van der Waals surface area contributed by atoms with Gasteiger partial charge in [-0.25, -0.2) is 0 Å². The molecule has 1 aliphatic rings. The summed E-state index contributed by atoms with van der Waals surface area (Å²) >= 11 is 0. The van der Waals surface area contributed by atoms with Crippen LogP contribution in [0.25, 0.3) is 6.08 Å². The van der Waals surface area contributed by atoms with E-state index in [2.05, 4.69) is 5.32 Å². The number of amides is 1. The summed E-state index contributed by atoms with van der Waals surface area (Å²) in [6.45, 7) is 2.19. The Morgan fingerprint density at radius 3 is 2.88 bits per heavy atom. The van der Waals surface area contributed by atoms with Gasteiger partial charge in [0.2, 0.25) is 5.91 Å². The van der Waals surface area contributed by atoms with Crippen LogP contribution in [-0.4, -0.2) is 17.6 Å². The van der Waals surface area contributed by atoms with Gasteiger partial charge in [-0.15, -0.1) is 0 Å². The highest BCUT2D eigenvalue weighted by atomic mass is 16.7. The molecule has 0 saturated heterocycles. The Morgan fingerprint density at radius 1 is 1.32 bits per heavy atom. The minimum Gasteiger partial charge on any atom is -0.467 e. The summed E-state index contributed by atoms with van der Waals surface area (Å²) in [5, 5.41) is 13.8. The molecule has 7 nitrogen and oxygen atoms in total. The highest BCUT2D eigenvalue weighted by molar-refractivity contribution is 6.02. The van der Waals surface area contributed by atoms with Crippen LogP contribution in [0, 0.1) is 17.0 Å². The van der Waals surface area contributed by atoms with Gasteiger partial charge in [0.1, 0.15) is 5.75 Å². The number of fused-ring (bicyclic) bond motifs is 1. The molecule has 1 aliphatic heterocycles. The number of ether oxygens (including phenoxy) is 2. The van der Waals surface area contributed by atoms with Crippen LogP contribution in [0.15, 0.2) is 42.5 Å². The first-order chi connectivity index (χ1) is 12.0. The van der Waals surface area contributed by atoms with Crippen molar-refractivity contribution in [3.8, 4) is 5.75 Å². The standard InChI is InChI=1S/C18H16N2O5/c1-12-4-2-3-5-16(12)19-17(21)7-6-13-8-15(20(22)23)9-14-10-24-11-25-18(13)14/h2-9H,10-11H2,1H3,(H,19,21)/b7-6+. The van der Waals surface area contributed by atoms with Gasteiger partial charge in [0.05, 0.1) is 11.5 Å². The summed E-state index contributed by atoms with van der Waals surface area (Å²) in [6.07, 6.45) is 2.83. The van der Waals surface area contributed by atoms with Crippen molar-refractivity contribution in [1.29, 1.82) is 0 Å². The molecule has 0 atom stereocenters. The molecule has 7 heteroatoms. The quantitative estimate of drug-likeness (QED) is 0.523. The Bertz CT molecular complexity index is 861. The molecule has 3 rings (SSSR count). The molecule has 1 amide bonds. The molecule has 128 valence electrons. The number of non-ortho nitro benzene ring substituents is 1. The van der Waals surface area contributed by atoms with Gasteiger partial charge in [0.15, 0.2) is 6.79 Å². The molecule has 0 spiro atoms. The van der Waals surface area contributed by atoms with Gasteiger partial charge in [-0.2, -0.15) is 0 Å². The molecule has 2 aromatic rings. The fourth-order valence-electron chi connectivity index (χ4n) is 2.51. The number of nitro benzene ring substituents is 1. The first-order valence-corrected chi connectivity index (χ1v) is 7.61. The molecule has 0 fully saturated rings. The second kappa shape index (κ2) is 7.14. The monoisotopic (exact) mass is 340 g/mol. The van der Waals surface area contributed by atoms with Gasteiger partial charge in [-0.3, -0.25) is 14.9 Å². The number of aryl methyl sites for hydroxylation is 1. The van der Waals surface area contributed by atoms with E-state index in [9.17, 15) is 14.9 Å². The summed E-state index contributed by atoms with van der Waals surface area (Å²) in [5.74, 6) is 0.165. The minimum absolute atomic E-state index is 0.0705. The van der Waals surface area contributed by atoms with Crippen LogP contribution >= 0.6 is 0 Å². The van der Waals surface area contributed by atoms with Crippen LogP contribution < -0.4 is 10.1 Å². The SMILES string of the molecule is Cc1ccccc1NC(=O)/C=C/c1cc([N+](=O)[O-])cc2c1OCOC2. The molecule has 2 aromatic carbocycles.